The van der Waals surface area contributed by atoms with Crippen LogP contribution in [0.4, 0.5) is 4.79 Å². The fraction of sp³-hybridized carbons (Fsp3) is 0.706. The summed E-state index contributed by atoms with van der Waals surface area (Å²) in [6.45, 7) is 6.33. The lowest BCUT2D eigenvalue weighted by Crippen LogP contribution is -2.55. The minimum atomic E-state index is -1.46. The summed E-state index contributed by atoms with van der Waals surface area (Å²) in [7, 11) is 0. The van der Waals surface area contributed by atoms with Gasteiger partial charge in [-0.15, -0.1) is 0 Å². The van der Waals surface area contributed by atoms with Crippen LogP contribution in [0.3, 0.4) is 0 Å². The minimum absolute atomic E-state index is 0.250. The third-order valence-corrected chi connectivity index (χ3v) is 3.71. The number of aliphatic carboxylic acids is 1. The number of primary amides is 1. The highest BCUT2D eigenvalue weighted by Gasteiger charge is 2.49. The van der Waals surface area contributed by atoms with Crippen molar-refractivity contribution in [2.75, 3.05) is 6.54 Å². The van der Waals surface area contributed by atoms with Crippen molar-refractivity contribution in [2.45, 2.75) is 70.4 Å². The Hall–Kier alpha value is -2.89. The molecule has 4 atom stereocenters. The van der Waals surface area contributed by atoms with E-state index in [1.165, 1.54) is 0 Å². The van der Waals surface area contributed by atoms with Crippen molar-refractivity contribution in [1.82, 2.24) is 16.0 Å². The normalized spacial score (nSPS) is 20.0. The first kappa shape index (κ1) is 24.1. The molecule has 1 rings (SSSR count). The van der Waals surface area contributed by atoms with Crippen LogP contribution in [0.1, 0.15) is 40.5 Å². The Balaban J connectivity index is 2.63. The van der Waals surface area contributed by atoms with Gasteiger partial charge in [-0.1, -0.05) is 13.3 Å². The Morgan fingerprint density at radius 2 is 1.72 bits per heavy atom. The van der Waals surface area contributed by atoms with E-state index < -0.39 is 66.2 Å². The van der Waals surface area contributed by atoms with Gasteiger partial charge in [-0.05, 0) is 27.2 Å². The lowest BCUT2D eigenvalue weighted by atomic mass is 10.1. The third-order valence-electron chi connectivity index (χ3n) is 3.71. The van der Waals surface area contributed by atoms with Gasteiger partial charge in [0.1, 0.15) is 17.7 Å². The van der Waals surface area contributed by atoms with Crippen LogP contribution in [0, 0.1) is 0 Å². The summed E-state index contributed by atoms with van der Waals surface area (Å²) in [6, 6.07) is -2.48. The number of rotatable bonds is 10. The molecule has 1 saturated heterocycles. The zero-order valence-corrected chi connectivity index (χ0v) is 16.8. The first-order valence-corrected chi connectivity index (χ1v) is 9.11. The summed E-state index contributed by atoms with van der Waals surface area (Å²) in [5.74, 6) is -3.65. The van der Waals surface area contributed by atoms with E-state index in [1.807, 2.05) is 0 Å². The van der Waals surface area contributed by atoms with Crippen LogP contribution in [-0.2, 0) is 28.7 Å². The molecule has 0 aliphatic carbocycles. The topological polar surface area (TPSA) is 189 Å². The first-order chi connectivity index (χ1) is 13.4. The Bertz CT molecular complexity index is 660. The molecule has 0 spiro atoms. The van der Waals surface area contributed by atoms with Crippen molar-refractivity contribution in [1.29, 1.82) is 0 Å². The lowest BCUT2D eigenvalue weighted by molar-refractivity contribution is -0.142. The number of alkyl carbamates (subject to hydrolysis) is 1. The van der Waals surface area contributed by atoms with Crippen molar-refractivity contribution in [3.05, 3.63) is 0 Å². The molecular formula is C17H28N4O8. The standard InChI is InChI=1S/C17H28N4O8/c1-5-6-8(21-16(27)29-17(2,3)4)13(23)20-9(15(25)26)7-19-14(24)11-10(28-11)12(18)22/h8-11H,5-7H2,1-4H3,(H2,18,22)(H,19,24)(H,20,23)(H,21,27)(H,25,26)/t8-,9-,10-,11-/m0/s1. The molecule has 1 heterocycles. The molecule has 6 N–H and O–H groups in total. The number of carbonyl (C=O) groups is 5. The van der Waals surface area contributed by atoms with E-state index in [0.29, 0.717) is 6.42 Å². The molecule has 0 saturated carbocycles. The monoisotopic (exact) mass is 416 g/mol. The van der Waals surface area contributed by atoms with Crippen molar-refractivity contribution in [3.63, 3.8) is 0 Å². The predicted molar refractivity (Wildman–Crippen MR) is 98.5 cm³/mol. The fourth-order valence-electron chi connectivity index (χ4n) is 2.31. The maximum absolute atomic E-state index is 12.4. The Labute approximate surface area is 167 Å². The summed E-state index contributed by atoms with van der Waals surface area (Å²) in [5, 5.41) is 16.2. The SMILES string of the molecule is CCC[C@H](NC(=O)OC(C)(C)C)C(=O)N[C@@H](CNC(=O)[C@H]1O[C@@H]1C(N)=O)C(=O)O. The molecule has 0 radical (unpaired) electrons. The van der Waals surface area contributed by atoms with E-state index in [9.17, 15) is 29.1 Å². The molecule has 1 aliphatic heterocycles. The smallest absolute Gasteiger partial charge is 0.408 e. The van der Waals surface area contributed by atoms with Crippen LogP contribution in [0.25, 0.3) is 0 Å². The number of ether oxygens (including phenoxy) is 2. The van der Waals surface area contributed by atoms with Gasteiger partial charge in [0.05, 0.1) is 0 Å². The number of nitrogens with one attached hydrogen (secondary N) is 3. The Morgan fingerprint density at radius 1 is 1.10 bits per heavy atom. The van der Waals surface area contributed by atoms with Gasteiger partial charge in [0.2, 0.25) is 11.8 Å². The van der Waals surface area contributed by atoms with Crippen molar-refractivity contribution in [3.8, 4) is 0 Å². The van der Waals surface area contributed by atoms with E-state index in [1.54, 1.807) is 27.7 Å². The second kappa shape index (κ2) is 10.0. The van der Waals surface area contributed by atoms with Gasteiger partial charge in [-0.25, -0.2) is 9.59 Å². The molecule has 1 fully saturated rings. The third kappa shape index (κ3) is 8.34. The number of hydrogen-bond acceptors (Lipinski definition) is 7. The van der Waals surface area contributed by atoms with Crippen LogP contribution in [0.15, 0.2) is 0 Å². The van der Waals surface area contributed by atoms with Crippen LogP contribution in [-0.4, -0.2) is 71.3 Å². The molecule has 0 bridgehead atoms. The quantitative estimate of drug-likeness (QED) is 0.269. The van der Waals surface area contributed by atoms with Gasteiger partial charge >= 0.3 is 12.1 Å². The molecule has 0 aromatic carbocycles. The number of hydrogen-bond donors (Lipinski definition) is 5. The minimum Gasteiger partial charge on any atom is -0.480 e. The molecule has 12 nitrogen and oxygen atoms in total. The van der Waals surface area contributed by atoms with Crippen molar-refractivity contribution < 1.29 is 38.6 Å². The molecule has 29 heavy (non-hydrogen) atoms. The molecule has 0 aromatic heterocycles. The number of nitrogens with two attached hydrogens (primary N) is 1. The van der Waals surface area contributed by atoms with E-state index >= 15 is 0 Å². The maximum Gasteiger partial charge on any atom is 0.408 e. The van der Waals surface area contributed by atoms with E-state index in [2.05, 4.69) is 16.0 Å². The first-order valence-electron chi connectivity index (χ1n) is 9.11. The number of amides is 4. The van der Waals surface area contributed by atoms with E-state index in [0.717, 1.165) is 0 Å². The highest BCUT2D eigenvalue weighted by Crippen LogP contribution is 2.21. The zero-order valence-electron chi connectivity index (χ0n) is 16.8. The van der Waals surface area contributed by atoms with Gasteiger partial charge < -0.3 is 36.3 Å². The van der Waals surface area contributed by atoms with Gasteiger partial charge in [0.15, 0.2) is 12.2 Å². The number of carboxylic acids is 1. The second-order valence-electron chi connectivity index (χ2n) is 7.51. The molecular weight excluding hydrogens is 388 g/mol. The van der Waals surface area contributed by atoms with Crippen LogP contribution >= 0.6 is 0 Å². The summed E-state index contributed by atoms with van der Waals surface area (Å²) < 4.78 is 9.89. The zero-order chi connectivity index (χ0) is 22.4. The largest absolute Gasteiger partial charge is 0.480 e. The Morgan fingerprint density at radius 3 is 2.17 bits per heavy atom. The average molecular weight is 416 g/mol. The summed E-state index contributed by atoms with van der Waals surface area (Å²) >= 11 is 0. The summed E-state index contributed by atoms with van der Waals surface area (Å²) in [5.41, 5.74) is 4.23. The highest BCUT2D eigenvalue weighted by molar-refractivity contribution is 5.94. The summed E-state index contributed by atoms with van der Waals surface area (Å²) in [4.78, 5) is 58.5. The molecule has 0 aromatic rings. The molecule has 4 amide bonds. The molecule has 164 valence electrons. The number of epoxide rings is 1. The van der Waals surface area contributed by atoms with Gasteiger partial charge in [0, 0.05) is 6.54 Å². The predicted octanol–water partition coefficient (Wildman–Crippen LogP) is -1.38. The highest BCUT2D eigenvalue weighted by atomic mass is 16.6. The van der Waals surface area contributed by atoms with Crippen molar-refractivity contribution >= 4 is 29.8 Å². The fourth-order valence-corrected chi connectivity index (χ4v) is 2.31. The van der Waals surface area contributed by atoms with Gasteiger partial charge in [0.25, 0.3) is 5.91 Å². The number of carbonyl (C=O) groups excluding carboxylic acids is 4. The average Bonchev–Trinajstić information content (AvgIpc) is 3.36. The summed E-state index contributed by atoms with van der Waals surface area (Å²) in [6.07, 6.45) is -2.13. The molecule has 12 heteroatoms. The Kier molecular flexibility index (Phi) is 8.37. The van der Waals surface area contributed by atoms with Crippen LogP contribution in [0.2, 0.25) is 0 Å². The second-order valence-corrected chi connectivity index (χ2v) is 7.51. The molecule has 1 aliphatic rings. The number of carboxylic acid groups (broad SMARTS) is 1. The lowest BCUT2D eigenvalue weighted by Gasteiger charge is -2.24. The van der Waals surface area contributed by atoms with Crippen LogP contribution < -0.4 is 21.7 Å². The van der Waals surface area contributed by atoms with E-state index in [4.69, 9.17) is 15.2 Å². The molecule has 0 unspecified atom stereocenters. The van der Waals surface area contributed by atoms with Crippen LogP contribution in [0.5, 0.6) is 0 Å². The maximum atomic E-state index is 12.4. The van der Waals surface area contributed by atoms with E-state index in [-0.39, 0.29) is 6.42 Å². The van der Waals surface area contributed by atoms with Gasteiger partial charge in [-0.2, -0.15) is 0 Å². The van der Waals surface area contributed by atoms with Gasteiger partial charge in [-0.3, -0.25) is 14.4 Å². The van der Waals surface area contributed by atoms with Crippen molar-refractivity contribution in [2.24, 2.45) is 5.73 Å².